The minimum absolute atomic E-state index is 0.159. The van der Waals surface area contributed by atoms with Crippen molar-refractivity contribution in [2.75, 3.05) is 5.32 Å². The molecular formula is C18H17ClN2O2S. The van der Waals surface area contributed by atoms with Gasteiger partial charge in [0.15, 0.2) is 0 Å². The Morgan fingerprint density at radius 2 is 1.88 bits per heavy atom. The van der Waals surface area contributed by atoms with Crippen LogP contribution in [0.4, 0.5) is 5.69 Å². The summed E-state index contributed by atoms with van der Waals surface area (Å²) in [7, 11) is -3.70. The molecule has 2 aromatic rings. The van der Waals surface area contributed by atoms with Crippen molar-refractivity contribution < 1.29 is 8.42 Å². The van der Waals surface area contributed by atoms with Crippen LogP contribution in [0.5, 0.6) is 0 Å². The number of primary sulfonamides is 1. The van der Waals surface area contributed by atoms with Gasteiger partial charge in [0.25, 0.3) is 0 Å². The quantitative estimate of drug-likeness (QED) is 0.800. The highest BCUT2D eigenvalue weighted by Crippen LogP contribution is 2.50. The van der Waals surface area contributed by atoms with Crippen molar-refractivity contribution in [1.29, 1.82) is 0 Å². The molecule has 124 valence electrons. The lowest BCUT2D eigenvalue weighted by Gasteiger charge is -2.37. The van der Waals surface area contributed by atoms with Gasteiger partial charge in [0, 0.05) is 16.6 Å². The van der Waals surface area contributed by atoms with E-state index in [0.717, 1.165) is 17.7 Å². The Morgan fingerprint density at radius 1 is 1.12 bits per heavy atom. The van der Waals surface area contributed by atoms with Crippen molar-refractivity contribution in [3.63, 3.8) is 0 Å². The highest BCUT2D eigenvalue weighted by atomic mass is 35.5. The summed E-state index contributed by atoms with van der Waals surface area (Å²) in [6, 6.07) is 13.1. The third-order valence-corrected chi connectivity index (χ3v) is 6.05. The van der Waals surface area contributed by atoms with Crippen LogP contribution >= 0.6 is 11.6 Å². The van der Waals surface area contributed by atoms with Gasteiger partial charge in [-0.05, 0) is 53.8 Å². The van der Waals surface area contributed by atoms with E-state index in [0.29, 0.717) is 10.9 Å². The topological polar surface area (TPSA) is 72.2 Å². The number of allylic oxidation sites excluding steroid dienone is 2. The molecule has 2 aromatic carbocycles. The van der Waals surface area contributed by atoms with Crippen LogP contribution in [0.2, 0.25) is 5.02 Å². The summed E-state index contributed by atoms with van der Waals surface area (Å²) in [6.45, 7) is 0. The second-order valence-electron chi connectivity index (χ2n) is 6.32. The van der Waals surface area contributed by atoms with Gasteiger partial charge in [-0.3, -0.25) is 0 Å². The highest BCUT2D eigenvalue weighted by molar-refractivity contribution is 7.89. The van der Waals surface area contributed by atoms with Crippen molar-refractivity contribution in [2.45, 2.75) is 23.3 Å². The summed E-state index contributed by atoms with van der Waals surface area (Å²) in [5.74, 6) is 0.526. The van der Waals surface area contributed by atoms with E-state index >= 15 is 0 Å². The van der Waals surface area contributed by atoms with Gasteiger partial charge in [0.2, 0.25) is 10.0 Å². The first kappa shape index (κ1) is 15.7. The van der Waals surface area contributed by atoms with Crippen molar-refractivity contribution in [3.8, 4) is 0 Å². The molecule has 4 rings (SSSR count). The molecule has 0 unspecified atom stereocenters. The molecule has 3 atom stereocenters. The van der Waals surface area contributed by atoms with E-state index in [1.165, 1.54) is 5.56 Å². The largest absolute Gasteiger partial charge is 0.378 e. The average molecular weight is 361 g/mol. The number of sulfonamides is 1. The number of hydrogen-bond acceptors (Lipinski definition) is 3. The molecule has 0 saturated heterocycles. The van der Waals surface area contributed by atoms with E-state index in [1.807, 2.05) is 24.3 Å². The molecule has 0 amide bonds. The van der Waals surface area contributed by atoms with E-state index in [9.17, 15) is 8.42 Å². The summed E-state index contributed by atoms with van der Waals surface area (Å²) in [5.41, 5.74) is 3.12. The predicted molar refractivity (Wildman–Crippen MR) is 95.6 cm³/mol. The number of anilines is 1. The van der Waals surface area contributed by atoms with Gasteiger partial charge in [-0.15, -0.1) is 0 Å². The normalized spacial score (nSPS) is 25.0. The fraction of sp³-hybridized carbons (Fsp3) is 0.222. The number of benzene rings is 2. The molecule has 1 aliphatic carbocycles. The van der Waals surface area contributed by atoms with Gasteiger partial charge >= 0.3 is 0 Å². The van der Waals surface area contributed by atoms with Crippen LogP contribution in [0.1, 0.15) is 29.5 Å². The fourth-order valence-electron chi connectivity index (χ4n) is 3.75. The maximum Gasteiger partial charge on any atom is 0.238 e. The maximum atomic E-state index is 11.7. The Labute approximate surface area is 146 Å². The van der Waals surface area contributed by atoms with Gasteiger partial charge in [-0.1, -0.05) is 35.9 Å². The van der Waals surface area contributed by atoms with E-state index in [2.05, 4.69) is 17.5 Å². The minimum Gasteiger partial charge on any atom is -0.378 e. The molecule has 2 aliphatic rings. The van der Waals surface area contributed by atoms with Crippen molar-refractivity contribution in [3.05, 3.63) is 70.8 Å². The molecule has 1 aliphatic heterocycles. The Kier molecular flexibility index (Phi) is 3.67. The summed E-state index contributed by atoms with van der Waals surface area (Å²) < 4.78 is 23.3. The Balaban J connectivity index is 1.79. The van der Waals surface area contributed by atoms with E-state index in [4.69, 9.17) is 16.7 Å². The van der Waals surface area contributed by atoms with Crippen LogP contribution in [-0.2, 0) is 10.0 Å². The van der Waals surface area contributed by atoms with E-state index in [1.54, 1.807) is 18.2 Å². The van der Waals surface area contributed by atoms with Crippen molar-refractivity contribution >= 4 is 27.3 Å². The molecule has 3 N–H and O–H groups in total. The highest BCUT2D eigenvalue weighted by Gasteiger charge is 2.38. The van der Waals surface area contributed by atoms with Gasteiger partial charge < -0.3 is 5.32 Å². The van der Waals surface area contributed by atoms with Gasteiger partial charge in [-0.25, -0.2) is 13.6 Å². The third kappa shape index (κ3) is 2.62. The molecule has 0 fully saturated rings. The molecule has 0 bridgehead atoms. The zero-order valence-electron chi connectivity index (χ0n) is 12.8. The number of nitrogens with one attached hydrogen (secondary N) is 1. The molecule has 4 nitrogen and oxygen atoms in total. The molecule has 0 spiro atoms. The van der Waals surface area contributed by atoms with Crippen LogP contribution in [0.15, 0.2) is 59.5 Å². The minimum atomic E-state index is -3.70. The molecule has 1 heterocycles. The molecular weight excluding hydrogens is 344 g/mol. The SMILES string of the molecule is NS(=O)(=O)c1ccc2c(c1)[C@@H]1C=CC[C@@H]1[C@H](c1ccc(Cl)cc1)N2. The van der Waals surface area contributed by atoms with E-state index < -0.39 is 10.0 Å². The molecule has 24 heavy (non-hydrogen) atoms. The standard InChI is InChI=1S/C18H17ClN2O2S/c19-12-6-4-11(5-7-12)18-15-3-1-2-14(15)16-10-13(24(20,22)23)8-9-17(16)21-18/h1-2,4-10,14-15,18,21H,3H2,(H2,20,22,23)/t14-,15+,18+/m1/s1. The van der Waals surface area contributed by atoms with Crippen LogP contribution in [0, 0.1) is 5.92 Å². The van der Waals surface area contributed by atoms with Crippen LogP contribution < -0.4 is 10.5 Å². The first-order chi connectivity index (χ1) is 11.4. The summed E-state index contributed by atoms with van der Waals surface area (Å²) in [5, 5.41) is 9.56. The summed E-state index contributed by atoms with van der Waals surface area (Å²) >= 11 is 6.00. The molecule has 6 heteroatoms. The Hall–Kier alpha value is -1.82. The van der Waals surface area contributed by atoms with E-state index in [-0.39, 0.29) is 16.9 Å². The molecule has 0 aromatic heterocycles. The van der Waals surface area contributed by atoms with Gasteiger partial charge in [0.1, 0.15) is 0 Å². The average Bonchev–Trinajstić information content (AvgIpc) is 3.03. The Bertz CT molecular complexity index is 923. The smallest absolute Gasteiger partial charge is 0.238 e. The van der Waals surface area contributed by atoms with Crippen molar-refractivity contribution in [2.24, 2.45) is 11.1 Å². The summed E-state index contributed by atoms with van der Waals surface area (Å²) in [6.07, 6.45) is 5.28. The van der Waals surface area contributed by atoms with Crippen LogP contribution in [-0.4, -0.2) is 8.42 Å². The first-order valence-corrected chi connectivity index (χ1v) is 9.71. The maximum absolute atomic E-state index is 11.7. The predicted octanol–water partition coefficient (Wildman–Crippen LogP) is 3.81. The van der Waals surface area contributed by atoms with Crippen LogP contribution in [0.25, 0.3) is 0 Å². The van der Waals surface area contributed by atoms with Crippen LogP contribution in [0.3, 0.4) is 0 Å². The lowest BCUT2D eigenvalue weighted by Crippen LogP contribution is -2.29. The molecule has 0 radical (unpaired) electrons. The first-order valence-electron chi connectivity index (χ1n) is 7.79. The number of halogens is 1. The second-order valence-corrected chi connectivity index (χ2v) is 8.32. The van der Waals surface area contributed by atoms with Crippen molar-refractivity contribution in [1.82, 2.24) is 0 Å². The number of rotatable bonds is 2. The monoisotopic (exact) mass is 360 g/mol. The fourth-order valence-corrected chi connectivity index (χ4v) is 4.42. The third-order valence-electron chi connectivity index (χ3n) is 4.89. The number of nitrogens with two attached hydrogens (primary N) is 1. The zero-order valence-corrected chi connectivity index (χ0v) is 14.4. The number of fused-ring (bicyclic) bond motifs is 3. The lowest BCUT2D eigenvalue weighted by molar-refractivity contribution is 0.425. The summed E-state index contributed by atoms with van der Waals surface area (Å²) in [4.78, 5) is 0.159. The number of hydrogen-bond donors (Lipinski definition) is 2. The molecule has 0 saturated carbocycles. The Morgan fingerprint density at radius 3 is 2.58 bits per heavy atom. The zero-order chi connectivity index (χ0) is 16.9. The second kappa shape index (κ2) is 5.62. The lowest BCUT2D eigenvalue weighted by atomic mass is 9.77. The van der Waals surface area contributed by atoms with Gasteiger partial charge in [0.05, 0.1) is 10.9 Å². The van der Waals surface area contributed by atoms with Gasteiger partial charge in [-0.2, -0.15) is 0 Å².